The van der Waals surface area contributed by atoms with Gasteiger partial charge in [-0.25, -0.2) is 99.2 Å². The maximum atomic E-state index is 12.8. The van der Waals surface area contributed by atoms with Gasteiger partial charge in [-0.15, -0.1) is 0 Å². The zero-order chi connectivity index (χ0) is 155. The van der Waals surface area contributed by atoms with Crippen LogP contribution in [0, 0.1) is 74.9 Å². The lowest BCUT2D eigenvalue weighted by molar-refractivity contribution is -0.131. The zero-order valence-corrected chi connectivity index (χ0v) is 72.0. The second-order valence-electron chi connectivity index (χ2n) is 28.2. The van der Waals surface area contributed by atoms with Crippen molar-refractivity contribution in [2.24, 2.45) is 35.4 Å². The van der Waals surface area contributed by atoms with Crippen molar-refractivity contribution in [3.05, 3.63) is 180 Å². The highest BCUT2D eigenvalue weighted by atomic mass is 16.2. The smallest absolute Gasteiger partial charge is 0.302 e. The number of carbonyl (C=O) groups is 6. The zero-order valence-electron chi connectivity index (χ0n) is 137. The molecule has 18 rings (SSSR count). The predicted molar refractivity (Wildman–Crippen MR) is 527 cm³/mol. The molecule has 6 aliphatic rings. The summed E-state index contributed by atoms with van der Waals surface area (Å²) >= 11 is 0. The van der Waals surface area contributed by atoms with Gasteiger partial charge in [-0.2, -0.15) is 0 Å². The quantitative estimate of drug-likeness (QED) is 0.0435. The SMILES string of the molecule is [2H]C([2H])([2H])N(c1ncnc2[nH]ccc12)[C@H]1C([2H])([2H])N(C(=O)C[N+]#[C-])C([2H])([2H])C([2H])([2H])[C@@]1([2H])C([2H])([2H])[2H].[2H]C([2H])([2H])[C@@H]1C([2H])([2H])C([2H])([2H])N(C(=O)C[N+]#[C-])C([2H])([2H])[C@]1([2H])N(C)c1ncnc2[nH]ccc12.[2H]C([2H])([2H])[C@H]1[C@@H](N(C)c2ncnc3[nH]ccc23)C([2H])([2H])N(C(=O)C[N+]#[C-])C([2H])([2H])C1([2H])[2H].[2H]C([2H])([2H])[C@H]1[C@@H](N(c2ncnc3[nH]ccc23)C([2H])([2H])[2H])C([2H])([2H])N(C(=O)C[N+]#[C-])C([2H])([2H])C1([2H])[2H].[2H]C1([2H])N(C(=O)C[N+]#[C-])C([2H])([2H])[C@]([2H])(N(C)c2ncnc3[nH]ccc23)[C@]([2H])(C([2H])([2H])[2H])C1([2H])[2H].[2H]C1([2H])[C@H](N(C)c2ncnc3[nH]ccc23)[C@]([2H])(C([2H])([2H])[2H])C([2H])([2H])C([2H])([2H])N1C(=O)C[N+]#[C-]. The molecule has 42 heteroatoms. The molecule has 0 unspecified atom stereocenters. The Labute approximate surface area is 893 Å². The average molecular weight is 1940 g/mol. The fourth-order valence-corrected chi connectivity index (χ4v) is 12.9. The number of likely N-dealkylation sites (tertiary alicyclic amines) is 6. The van der Waals surface area contributed by atoms with Crippen molar-refractivity contribution in [1.82, 2.24) is 119 Å². The van der Waals surface area contributed by atoms with Crippen molar-refractivity contribution >= 4 is 137 Å². The predicted octanol–water partition coefficient (Wildman–Crippen LogP) is 9.30. The molecule has 138 heavy (non-hydrogen) atoms. The summed E-state index contributed by atoms with van der Waals surface area (Å²) in [4.78, 5) is 160. The Morgan fingerprint density at radius 1 is 0.312 bits per heavy atom. The summed E-state index contributed by atoms with van der Waals surface area (Å²) in [5, 5.41) is 1.12. The number of amides is 6. The van der Waals surface area contributed by atoms with E-state index in [1.807, 2.05) is 0 Å². The fraction of sp³-hybridized carbons (Fsp3) is 0.500. The molecule has 6 aliphatic heterocycles. The number of likely N-dealkylation sites (N-methyl/N-ethyl adjacent to an activating group) is 6. The third kappa shape index (κ3) is 23.1. The van der Waals surface area contributed by atoms with Crippen LogP contribution >= 0.6 is 0 Å². The number of piperidine rings is 6. The lowest BCUT2D eigenvalue weighted by Crippen LogP contribution is -2.53. The maximum Gasteiger partial charge on any atom is 0.302 e. The summed E-state index contributed by atoms with van der Waals surface area (Å²) < 4.78 is 541. The molecule has 0 radical (unpaired) electrons. The molecule has 0 aromatic carbocycles. The molecule has 6 N–H and O–H groups in total. The molecule has 0 aliphatic carbocycles. The van der Waals surface area contributed by atoms with Crippen LogP contribution in [0.5, 0.6) is 0 Å². The number of aromatic amines is 6. The minimum Gasteiger partial charge on any atom is -0.354 e. The Balaban J connectivity index is 0.000000195. The van der Waals surface area contributed by atoms with E-state index < -0.39 is 329 Å². The monoisotopic (exact) mass is 1940 g/mol. The molecule has 42 nitrogen and oxygen atoms in total. The van der Waals surface area contributed by atoms with Crippen LogP contribution in [-0.4, -0.2) is 350 Å². The van der Waals surface area contributed by atoms with E-state index in [2.05, 4.69) is 119 Å². The van der Waals surface area contributed by atoms with Gasteiger partial charge in [0.2, 0.25) is 0 Å². The Morgan fingerprint density at radius 3 is 0.841 bits per heavy atom. The van der Waals surface area contributed by atoms with Crippen molar-refractivity contribution in [3.8, 4) is 0 Å². The highest BCUT2D eigenvalue weighted by molar-refractivity contribution is 5.93. The van der Waals surface area contributed by atoms with E-state index in [9.17, 15) is 28.8 Å². The summed E-state index contributed by atoms with van der Waals surface area (Å²) in [6.07, 6.45) is -6.70. The lowest BCUT2D eigenvalue weighted by atomic mass is 9.92. The molecule has 0 bridgehead atoms. The molecular formula is C96H120N36O6. The number of nitrogens with zero attached hydrogens (tertiary/aromatic N) is 30. The molecular weight excluding hydrogens is 1750 g/mol. The molecule has 6 saturated heterocycles. The average Bonchev–Trinajstić information content (AvgIpc) is 1.48. The van der Waals surface area contributed by atoms with Crippen LogP contribution in [0.25, 0.3) is 95.3 Å². The van der Waals surface area contributed by atoms with Gasteiger partial charge in [-0.1, -0.05) is 41.1 Å². The molecule has 12 aromatic rings. The van der Waals surface area contributed by atoms with Crippen molar-refractivity contribution in [2.75, 3.05) is 189 Å². The second kappa shape index (κ2) is 46.5. The van der Waals surface area contributed by atoms with Gasteiger partial charge >= 0.3 is 35.4 Å². The first-order valence-electron chi connectivity index (χ1n) is 72.1. The number of hydrogen-bond acceptors (Lipinski definition) is 24. The van der Waals surface area contributed by atoms with Gasteiger partial charge in [0.1, 0.15) is 107 Å². The molecule has 18 heterocycles. The lowest BCUT2D eigenvalue weighted by Gasteiger charge is -2.41. The van der Waals surface area contributed by atoms with E-state index in [0.717, 1.165) is 66.8 Å². The van der Waals surface area contributed by atoms with E-state index in [4.69, 9.17) is 129 Å². The summed E-state index contributed by atoms with van der Waals surface area (Å²) in [5.41, 5.74) is 1.31. The summed E-state index contributed by atoms with van der Waals surface area (Å²) in [6, 6.07) is -7.55. The minimum absolute atomic E-state index is 0.0248. The fourth-order valence-electron chi connectivity index (χ4n) is 12.9. The number of anilines is 6. The second-order valence-corrected chi connectivity index (χ2v) is 28.2. The molecule has 12 aromatic heterocycles. The largest absolute Gasteiger partial charge is 0.354 e. The summed E-state index contributed by atoms with van der Waals surface area (Å²) in [7, 11) is 4.60. The van der Waals surface area contributed by atoms with E-state index >= 15 is 0 Å². The van der Waals surface area contributed by atoms with Gasteiger partial charge in [-0.3, -0.25) is 28.8 Å². The first-order valence-corrected chi connectivity index (χ1v) is 39.6. The van der Waals surface area contributed by atoms with E-state index in [0.29, 0.717) is 27.0 Å². The first kappa shape index (κ1) is 45.3. The molecule has 720 valence electrons. The molecule has 12 atom stereocenters. The van der Waals surface area contributed by atoms with Crippen LogP contribution in [0.15, 0.2) is 112 Å². The molecule has 0 spiro atoms. The number of nitrogens with one attached hydrogen (secondary N) is 6. The highest BCUT2D eigenvalue weighted by Crippen LogP contribution is 2.37. The van der Waals surface area contributed by atoms with Gasteiger partial charge in [0.05, 0.1) is 87.7 Å². The third-order valence-corrected chi connectivity index (χ3v) is 19.6. The maximum absolute atomic E-state index is 12.8. The van der Waals surface area contributed by atoms with Gasteiger partial charge in [0.15, 0.2) is 0 Å². The van der Waals surface area contributed by atoms with Crippen molar-refractivity contribution in [1.29, 1.82) is 0 Å². The number of aromatic nitrogens is 18. The Hall–Kier alpha value is -15.7. The minimum atomic E-state index is -3.90. The van der Waals surface area contributed by atoms with Crippen molar-refractivity contribution in [3.63, 3.8) is 0 Å². The normalized spacial score (nSPS) is 38.1. The Morgan fingerprint density at radius 2 is 0.543 bits per heavy atom. The van der Waals surface area contributed by atoms with Gasteiger partial charge in [0, 0.05) is 227 Å². The molecule has 6 fully saturated rings. The van der Waals surface area contributed by atoms with Crippen LogP contribution in [0.2, 0.25) is 0 Å². The number of rotatable bonds is 18. The molecule has 6 amide bonds. The number of hydrogen-bond donors (Lipinski definition) is 6. The van der Waals surface area contributed by atoms with Gasteiger partial charge in [0.25, 0.3) is 39.3 Å². The van der Waals surface area contributed by atoms with Crippen LogP contribution in [-0.2, 0) is 28.8 Å². The summed E-state index contributed by atoms with van der Waals surface area (Å²) in [5.74, 6) is -28.6. The van der Waals surface area contributed by atoms with E-state index in [1.165, 1.54) is 81.6 Å². The van der Waals surface area contributed by atoms with Crippen molar-refractivity contribution < 1.29 is 118 Å². The number of H-pyrrole nitrogens is 6. The van der Waals surface area contributed by atoms with Crippen LogP contribution in [0.3, 0.4) is 0 Å². The summed E-state index contributed by atoms with van der Waals surface area (Å²) in [6.45, 7) is -34.7. The van der Waals surface area contributed by atoms with E-state index in [-0.39, 0.29) is 107 Å². The standard InChI is InChI=1S/6C16H20N6O/c6*1-11-5-7-22(14(23)8-17-2)9-13(11)21(3)16-12-4-6-18-15(12)19-10-20-16/h6*4,6,10-11,13H,5,7-9H2,1,3H3,(H,18,19,20)/t6*11-,13+/m111111/s1/i1D3,5D2,7D2,9D2,11D,13D;1D3,3D3,5D2,7D2,9D2,11D;1D3,5D2,7D2,9D2,13D;1D3,5D2,7D2,9D2,11D;1D3,3D3,5D2,7D2,9D2;1D3,5D2,7D2,9D2. The topological polar surface area (TPSA) is 417 Å². The van der Waals surface area contributed by atoms with Crippen LogP contribution in [0.4, 0.5) is 34.9 Å². The van der Waals surface area contributed by atoms with Gasteiger partial charge in [-0.05, 0) is 110 Å². The number of fused-ring (bicyclic) bond motifs is 6. The Bertz CT molecular complexity index is 9660. The third-order valence-electron chi connectivity index (χ3n) is 19.6. The first-order chi connectivity index (χ1) is 91.9. The number of carbonyl (C=O) groups excluding carboxylic acids is 6. The highest BCUT2D eigenvalue weighted by Gasteiger charge is 2.41. The van der Waals surface area contributed by atoms with E-state index in [1.54, 1.807) is 6.07 Å². The Kier molecular flexibility index (Phi) is 15.3. The van der Waals surface area contributed by atoms with Crippen molar-refractivity contribution in [2.45, 2.75) is 116 Å². The van der Waals surface area contributed by atoms with Crippen LogP contribution in [0.1, 0.15) is 168 Å². The molecule has 0 saturated carbocycles. The van der Waals surface area contributed by atoms with Gasteiger partial charge < -0.3 is 118 Å². The van der Waals surface area contributed by atoms with Crippen LogP contribution < -0.4 is 29.4 Å².